The van der Waals surface area contributed by atoms with E-state index in [-0.39, 0.29) is 22.9 Å². The predicted molar refractivity (Wildman–Crippen MR) is 124 cm³/mol. The Hall–Kier alpha value is -2.52. The summed E-state index contributed by atoms with van der Waals surface area (Å²) in [6.45, 7) is 4.01. The molecule has 4 rings (SSSR count). The first kappa shape index (κ1) is 22.7. The number of hydrogen-bond donors (Lipinski definition) is 1. The van der Waals surface area contributed by atoms with Gasteiger partial charge in [0.05, 0.1) is 15.8 Å². The molecule has 0 fully saturated rings. The molecule has 1 aliphatic heterocycles. The lowest BCUT2D eigenvalue weighted by Gasteiger charge is -2.36. The number of nitrogens with zero attached hydrogens (tertiary/aromatic N) is 1. The van der Waals surface area contributed by atoms with Crippen LogP contribution >= 0.6 is 0 Å². The van der Waals surface area contributed by atoms with Crippen molar-refractivity contribution in [2.45, 2.75) is 36.1 Å². The van der Waals surface area contributed by atoms with Crippen LogP contribution in [0.1, 0.15) is 28.3 Å². The van der Waals surface area contributed by atoms with Gasteiger partial charge in [0.1, 0.15) is 0 Å². The van der Waals surface area contributed by atoms with Crippen molar-refractivity contribution < 1.29 is 16.8 Å². The first-order valence-electron chi connectivity index (χ1n) is 10.4. The van der Waals surface area contributed by atoms with Gasteiger partial charge < -0.3 is 0 Å². The van der Waals surface area contributed by atoms with Crippen molar-refractivity contribution in [2.24, 2.45) is 0 Å². The Morgan fingerprint density at radius 3 is 2.00 bits per heavy atom. The molecule has 1 atom stereocenters. The van der Waals surface area contributed by atoms with Crippen molar-refractivity contribution in [3.05, 3.63) is 95.1 Å². The molecular weight excluding hydrogens is 444 g/mol. The number of sulfonamides is 2. The molecule has 0 saturated heterocycles. The van der Waals surface area contributed by atoms with E-state index in [1.807, 2.05) is 38.1 Å². The molecule has 0 aliphatic carbocycles. The van der Waals surface area contributed by atoms with E-state index in [9.17, 15) is 16.8 Å². The molecule has 0 bridgehead atoms. The van der Waals surface area contributed by atoms with Crippen LogP contribution in [0.4, 0.5) is 0 Å². The van der Waals surface area contributed by atoms with E-state index in [0.29, 0.717) is 6.42 Å². The standard InChI is InChI=1S/C24H26N2O4S2/c1-18-7-11-21(12-8-18)31(27,28)25-17-24-23-6-4-3-5-20(23)15-16-26(24)32(29,30)22-13-9-19(2)10-14-22/h3-14,24-25H,15-17H2,1-2H3/t24-/m1/s1. The summed E-state index contributed by atoms with van der Waals surface area (Å²) in [6.07, 6.45) is 0.572. The fourth-order valence-electron chi connectivity index (χ4n) is 3.96. The van der Waals surface area contributed by atoms with Gasteiger partial charge in [-0.15, -0.1) is 0 Å². The van der Waals surface area contributed by atoms with Gasteiger partial charge in [-0.3, -0.25) is 0 Å². The molecular formula is C24H26N2O4S2. The Balaban J connectivity index is 1.68. The Labute approximate surface area is 190 Å². The van der Waals surface area contributed by atoms with Gasteiger partial charge in [-0.2, -0.15) is 4.31 Å². The molecule has 3 aromatic rings. The number of hydrogen-bond acceptors (Lipinski definition) is 4. The second kappa shape index (κ2) is 8.78. The lowest BCUT2D eigenvalue weighted by Crippen LogP contribution is -2.45. The maximum absolute atomic E-state index is 13.5. The maximum Gasteiger partial charge on any atom is 0.243 e. The van der Waals surface area contributed by atoms with Crippen LogP contribution in [0.15, 0.2) is 82.6 Å². The van der Waals surface area contributed by atoms with Crippen LogP contribution in [-0.2, 0) is 26.5 Å². The molecule has 0 amide bonds. The van der Waals surface area contributed by atoms with Crippen molar-refractivity contribution >= 4 is 20.0 Å². The number of benzene rings is 3. The van der Waals surface area contributed by atoms with Crippen molar-refractivity contribution in [2.75, 3.05) is 13.1 Å². The molecule has 3 aromatic carbocycles. The quantitative estimate of drug-likeness (QED) is 0.597. The third kappa shape index (κ3) is 4.49. The average molecular weight is 471 g/mol. The average Bonchev–Trinajstić information content (AvgIpc) is 2.78. The van der Waals surface area contributed by atoms with Gasteiger partial charge in [0.2, 0.25) is 20.0 Å². The minimum Gasteiger partial charge on any atom is -0.209 e. The Bertz CT molecular complexity index is 1320. The largest absolute Gasteiger partial charge is 0.243 e. The molecule has 0 aromatic heterocycles. The highest BCUT2D eigenvalue weighted by Gasteiger charge is 2.37. The summed E-state index contributed by atoms with van der Waals surface area (Å²) in [6, 6.07) is 20.2. The molecule has 0 unspecified atom stereocenters. The highest BCUT2D eigenvalue weighted by atomic mass is 32.2. The van der Waals surface area contributed by atoms with E-state index >= 15 is 0 Å². The maximum atomic E-state index is 13.5. The normalized spacial score (nSPS) is 17.1. The Morgan fingerprint density at radius 2 is 1.38 bits per heavy atom. The summed E-state index contributed by atoms with van der Waals surface area (Å²) in [4.78, 5) is 0.356. The zero-order chi connectivity index (χ0) is 22.9. The summed E-state index contributed by atoms with van der Waals surface area (Å²) < 4.78 is 56.8. The van der Waals surface area contributed by atoms with Crippen molar-refractivity contribution in [3.8, 4) is 0 Å². The number of aryl methyl sites for hydroxylation is 2. The van der Waals surface area contributed by atoms with Crippen LogP contribution in [0.2, 0.25) is 0 Å². The molecule has 6 nitrogen and oxygen atoms in total. The van der Waals surface area contributed by atoms with E-state index in [1.165, 1.54) is 4.31 Å². The first-order chi connectivity index (χ1) is 15.2. The van der Waals surface area contributed by atoms with Crippen LogP contribution in [0.25, 0.3) is 0 Å². The topological polar surface area (TPSA) is 83.6 Å². The van der Waals surface area contributed by atoms with E-state index < -0.39 is 26.1 Å². The number of rotatable bonds is 6. The lowest BCUT2D eigenvalue weighted by atomic mass is 9.94. The fourth-order valence-corrected chi connectivity index (χ4v) is 6.61. The van der Waals surface area contributed by atoms with Gasteiger partial charge in [0.15, 0.2) is 0 Å². The Kier molecular flexibility index (Phi) is 6.22. The fraction of sp³-hybridized carbons (Fsp3) is 0.250. The summed E-state index contributed by atoms with van der Waals surface area (Å²) >= 11 is 0. The van der Waals surface area contributed by atoms with E-state index in [4.69, 9.17) is 0 Å². The molecule has 1 N–H and O–H groups in total. The lowest BCUT2D eigenvalue weighted by molar-refractivity contribution is 0.307. The highest BCUT2D eigenvalue weighted by molar-refractivity contribution is 7.89. The van der Waals surface area contributed by atoms with Gasteiger partial charge >= 0.3 is 0 Å². The van der Waals surface area contributed by atoms with Gasteiger partial charge in [-0.25, -0.2) is 21.6 Å². The SMILES string of the molecule is Cc1ccc(S(=O)(=O)NC[C@@H]2c3ccccc3CCN2S(=O)(=O)c2ccc(C)cc2)cc1. The zero-order valence-corrected chi connectivity index (χ0v) is 19.7. The molecule has 0 spiro atoms. The number of nitrogens with one attached hydrogen (secondary N) is 1. The van der Waals surface area contributed by atoms with Crippen LogP contribution in [0.3, 0.4) is 0 Å². The third-order valence-electron chi connectivity index (χ3n) is 5.79. The minimum atomic E-state index is -3.81. The van der Waals surface area contributed by atoms with Gasteiger partial charge in [-0.1, -0.05) is 59.7 Å². The van der Waals surface area contributed by atoms with Crippen LogP contribution < -0.4 is 4.72 Å². The molecule has 1 aliphatic rings. The van der Waals surface area contributed by atoms with Crippen LogP contribution in [0.5, 0.6) is 0 Å². The second-order valence-corrected chi connectivity index (χ2v) is 11.7. The summed E-state index contributed by atoms with van der Waals surface area (Å²) in [7, 11) is -7.60. The van der Waals surface area contributed by atoms with Gasteiger partial charge in [0.25, 0.3) is 0 Å². The summed E-state index contributed by atoms with van der Waals surface area (Å²) in [5.41, 5.74) is 3.78. The molecule has 1 heterocycles. The molecule has 168 valence electrons. The summed E-state index contributed by atoms with van der Waals surface area (Å²) in [5, 5.41) is 0. The van der Waals surface area contributed by atoms with Crippen molar-refractivity contribution in [1.29, 1.82) is 0 Å². The molecule has 8 heteroatoms. The van der Waals surface area contributed by atoms with Crippen molar-refractivity contribution in [3.63, 3.8) is 0 Å². The highest BCUT2D eigenvalue weighted by Crippen LogP contribution is 2.34. The number of fused-ring (bicyclic) bond motifs is 1. The monoisotopic (exact) mass is 470 g/mol. The summed E-state index contributed by atoms with van der Waals surface area (Å²) in [5.74, 6) is 0. The van der Waals surface area contributed by atoms with Crippen molar-refractivity contribution in [1.82, 2.24) is 9.03 Å². The predicted octanol–water partition coefficient (Wildman–Crippen LogP) is 3.57. The van der Waals surface area contributed by atoms with Crippen LogP contribution in [-0.4, -0.2) is 34.2 Å². The van der Waals surface area contributed by atoms with Gasteiger partial charge in [-0.05, 0) is 55.7 Å². The van der Waals surface area contributed by atoms with E-state index in [1.54, 1.807) is 48.5 Å². The second-order valence-electron chi connectivity index (χ2n) is 8.06. The zero-order valence-electron chi connectivity index (χ0n) is 18.0. The molecule has 0 radical (unpaired) electrons. The first-order valence-corrected chi connectivity index (χ1v) is 13.3. The Morgan fingerprint density at radius 1 is 0.812 bits per heavy atom. The van der Waals surface area contributed by atoms with Crippen LogP contribution in [0, 0.1) is 13.8 Å². The van der Waals surface area contributed by atoms with E-state index in [2.05, 4.69) is 4.72 Å². The van der Waals surface area contributed by atoms with E-state index in [0.717, 1.165) is 22.3 Å². The smallest absolute Gasteiger partial charge is 0.209 e. The molecule has 0 saturated carbocycles. The molecule has 32 heavy (non-hydrogen) atoms. The van der Waals surface area contributed by atoms with Gasteiger partial charge in [0, 0.05) is 13.1 Å². The third-order valence-corrected chi connectivity index (χ3v) is 9.15. The minimum absolute atomic E-state index is 0.0572.